The second-order valence-corrected chi connectivity index (χ2v) is 7.95. The number of para-hydroxylation sites is 2. The number of ether oxygens (including phenoxy) is 1. The number of H-pyrrole nitrogens is 1. The third-order valence-electron chi connectivity index (χ3n) is 4.52. The van der Waals surface area contributed by atoms with Crippen molar-refractivity contribution in [3.05, 3.63) is 89.5 Å². The molecule has 0 aliphatic heterocycles. The molecule has 4 aromatic rings. The molecule has 0 spiro atoms. The van der Waals surface area contributed by atoms with Crippen LogP contribution in [0.3, 0.4) is 0 Å². The Kier molecular flexibility index (Phi) is 6.64. The van der Waals surface area contributed by atoms with Gasteiger partial charge >= 0.3 is 0 Å². The van der Waals surface area contributed by atoms with Gasteiger partial charge < -0.3 is 9.72 Å². The van der Waals surface area contributed by atoms with Gasteiger partial charge in [-0.05, 0) is 54.4 Å². The fourth-order valence-electron chi connectivity index (χ4n) is 2.84. The first-order valence-electron chi connectivity index (χ1n) is 9.83. The lowest BCUT2D eigenvalue weighted by molar-refractivity contribution is -0.118. The Morgan fingerprint density at radius 3 is 2.65 bits per heavy atom. The van der Waals surface area contributed by atoms with Crippen molar-refractivity contribution in [1.29, 1.82) is 0 Å². The molecule has 0 bridgehead atoms. The van der Waals surface area contributed by atoms with Crippen LogP contribution in [-0.4, -0.2) is 27.8 Å². The number of amides is 1. The molecule has 0 aliphatic carbocycles. The molecule has 0 fully saturated rings. The molecule has 0 unspecified atom stereocenters. The fourth-order valence-corrected chi connectivity index (χ4v) is 3.52. The maximum atomic E-state index is 12.0. The van der Waals surface area contributed by atoms with Gasteiger partial charge in [-0.1, -0.05) is 53.7 Å². The fraction of sp³-hybridized carbons (Fsp3) is 0.125. The molecular formula is C24H22N4O2S. The highest BCUT2D eigenvalue weighted by Gasteiger charge is 2.06. The Hall–Kier alpha value is -3.58. The maximum absolute atomic E-state index is 12.0. The summed E-state index contributed by atoms with van der Waals surface area (Å²) >= 11 is 1.34. The van der Waals surface area contributed by atoms with E-state index in [1.165, 1.54) is 17.3 Å². The number of aryl methyl sites for hydroxylation is 1. The molecule has 2 N–H and O–H groups in total. The van der Waals surface area contributed by atoms with Crippen LogP contribution in [0.5, 0.6) is 5.75 Å². The van der Waals surface area contributed by atoms with Crippen LogP contribution in [0.4, 0.5) is 0 Å². The number of aromatic amines is 1. The van der Waals surface area contributed by atoms with Gasteiger partial charge in [0.05, 0.1) is 23.0 Å². The van der Waals surface area contributed by atoms with Crippen molar-refractivity contribution in [1.82, 2.24) is 15.4 Å². The molecule has 6 nitrogen and oxygen atoms in total. The van der Waals surface area contributed by atoms with Crippen LogP contribution in [0.2, 0.25) is 0 Å². The molecule has 0 atom stereocenters. The van der Waals surface area contributed by atoms with Gasteiger partial charge in [0.25, 0.3) is 5.91 Å². The van der Waals surface area contributed by atoms with Gasteiger partial charge in [0.15, 0.2) is 5.16 Å². The summed E-state index contributed by atoms with van der Waals surface area (Å²) in [5.41, 5.74) is 7.60. The molecular weight excluding hydrogens is 408 g/mol. The molecule has 3 aromatic carbocycles. The Bertz CT molecular complexity index is 1150. The first-order chi connectivity index (χ1) is 15.2. The molecule has 1 aromatic heterocycles. The molecule has 4 rings (SSSR count). The number of hydrogen-bond acceptors (Lipinski definition) is 5. The van der Waals surface area contributed by atoms with Crippen molar-refractivity contribution >= 4 is 34.9 Å². The number of nitrogens with zero attached hydrogens (tertiary/aromatic N) is 2. The summed E-state index contributed by atoms with van der Waals surface area (Å²) in [6.07, 6.45) is 1.60. The minimum Gasteiger partial charge on any atom is -0.489 e. The zero-order valence-electron chi connectivity index (χ0n) is 17.0. The molecule has 0 saturated carbocycles. The Morgan fingerprint density at radius 1 is 1.10 bits per heavy atom. The second kappa shape index (κ2) is 9.95. The summed E-state index contributed by atoms with van der Waals surface area (Å²) in [5, 5.41) is 4.73. The number of thioether (sulfide) groups is 1. The van der Waals surface area contributed by atoms with Crippen molar-refractivity contribution in [3.8, 4) is 5.75 Å². The number of fused-ring (bicyclic) bond motifs is 1. The lowest BCUT2D eigenvalue weighted by Gasteiger charge is -2.06. The molecule has 31 heavy (non-hydrogen) atoms. The molecule has 1 amide bonds. The summed E-state index contributed by atoms with van der Waals surface area (Å²) < 4.78 is 5.80. The van der Waals surface area contributed by atoms with Crippen LogP contribution in [0.1, 0.15) is 16.7 Å². The maximum Gasteiger partial charge on any atom is 0.250 e. The van der Waals surface area contributed by atoms with E-state index in [4.69, 9.17) is 4.74 Å². The van der Waals surface area contributed by atoms with Gasteiger partial charge in [0, 0.05) is 0 Å². The average molecular weight is 431 g/mol. The summed E-state index contributed by atoms with van der Waals surface area (Å²) in [4.78, 5) is 19.6. The first kappa shape index (κ1) is 20.7. The van der Waals surface area contributed by atoms with E-state index < -0.39 is 0 Å². The van der Waals surface area contributed by atoms with Crippen molar-refractivity contribution in [2.75, 3.05) is 5.75 Å². The average Bonchev–Trinajstić information content (AvgIpc) is 3.21. The van der Waals surface area contributed by atoms with Crippen molar-refractivity contribution in [3.63, 3.8) is 0 Å². The summed E-state index contributed by atoms with van der Waals surface area (Å²) in [6, 6.07) is 23.6. The van der Waals surface area contributed by atoms with Gasteiger partial charge in [-0.25, -0.2) is 10.4 Å². The van der Waals surface area contributed by atoms with E-state index in [1.807, 2.05) is 48.5 Å². The van der Waals surface area contributed by atoms with Gasteiger partial charge in [0.1, 0.15) is 12.4 Å². The zero-order valence-corrected chi connectivity index (χ0v) is 17.9. The van der Waals surface area contributed by atoms with E-state index in [9.17, 15) is 4.79 Å². The van der Waals surface area contributed by atoms with E-state index in [0.717, 1.165) is 27.9 Å². The number of benzene rings is 3. The molecule has 0 aliphatic rings. The van der Waals surface area contributed by atoms with E-state index in [0.29, 0.717) is 11.8 Å². The number of hydrogen-bond donors (Lipinski definition) is 2. The van der Waals surface area contributed by atoms with Crippen LogP contribution in [0.25, 0.3) is 11.0 Å². The van der Waals surface area contributed by atoms with Gasteiger partial charge in [-0.15, -0.1) is 0 Å². The minimum atomic E-state index is -0.195. The SMILES string of the molecule is Cc1ccc(COc2ccc(/C=N\NC(=O)CSc3nc4ccccc4[nH]3)cc2)cc1. The summed E-state index contributed by atoms with van der Waals surface area (Å²) in [5.74, 6) is 0.812. The first-order valence-corrected chi connectivity index (χ1v) is 10.8. The normalized spacial score (nSPS) is 11.1. The zero-order chi connectivity index (χ0) is 21.5. The molecule has 0 radical (unpaired) electrons. The highest BCUT2D eigenvalue weighted by Crippen LogP contribution is 2.19. The predicted octanol–water partition coefficient (Wildman–Crippen LogP) is 4.69. The highest BCUT2D eigenvalue weighted by atomic mass is 32.2. The van der Waals surface area contributed by atoms with Gasteiger partial charge in [-0.2, -0.15) is 5.10 Å². The lowest BCUT2D eigenvalue weighted by Crippen LogP contribution is -2.19. The van der Waals surface area contributed by atoms with Gasteiger partial charge in [-0.3, -0.25) is 4.79 Å². The number of hydrazone groups is 1. The molecule has 0 saturated heterocycles. The van der Waals surface area contributed by atoms with E-state index in [-0.39, 0.29) is 11.7 Å². The van der Waals surface area contributed by atoms with Crippen LogP contribution < -0.4 is 10.2 Å². The summed E-state index contributed by atoms with van der Waals surface area (Å²) in [7, 11) is 0. The van der Waals surface area contributed by atoms with Crippen LogP contribution in [0.15, 0.2) is 83.1 Å². The number of carbonyl (C=O) groups excluding carboxylic acids is 1. The smallest absolute Gasteiger partial charge is 0.250 e. The number of imidazole rings is 1. The molecule has 1 heterocycles. The van der Waals surface area contributed by atoms with Gasteiger partial charge in [0.2, 0.25) is 0 Å². The van der Waals surface area contributed by atoms with Crippen molar-refractivity contribution < 1.29 is 9.53 Å². The quantitative estimate of drug-likeness (QED) is 0.241. The Morgan fingerprint density at radius 2 is 1.87 bits per heavy atom. The second-order valence-electron chi connectivity index (χ2n) is 6.98. The largest absolute Gasteiger partial charge is 0.489 e. The van der Waals surface area contributed by atoms with E-state index >= 15 is 0 Å². The standard InChI is InChI=1S/C24H22N4O2S/c1-17-6-8-19(9-7-17)15-30-20-12-10-18(11-13-20)14-25-28-23(29)16-31-24-26-21-4-2-3-5-22(21)27-24/h2-14H,15-16H2,1H3,(H,26,27)(H,28,29)/b25-14-. The third kappa shape index (κ3) is 5.96. The van der Waals surface area contributed by atoms with Crippen LogP contribution >= 0.6 is 11.8 Å². The summed E-state index contributed by atoms with van der Waals surface area (Å²) in [6.45, 7) is 2.58. The van der Waals surface area contributed by atoms with Crippen molar-refractivity contribution in [2.24, 2.45) is 5.10 Å². The minimum absolute atomic E-state index is 0.195. The van der Waals surface area contributed by atoms with E-state index in [1.54, 1.807) is 6.21 Å². The van der Waals surface area contributed by atoms with E-state index in [2.05, 4.69) is 51.7 Å². The third-order valence-corrected chi connectivity index (χ3v) is 5.39. The molecule has 156 valence electrons. The highest BCUT2D eigenvalue weighted by molar-refractivity contribution is 7.99. The topological polar surface area (TPSA) is 79.4 Å². The Labute approximate surface area is 184 Å². The van der Waals surface area contributed by atoms with Crippen LogP contribution in [0, 0.1) is 6.92 Å². The number of carbonyl (C=O) groups is 1. The lowest BCUT2D eigenvalue weighted by atomic mass is 10.2. The van der Waals surface area contributed by atoms with Crippen molar-refractivity contribution in [2.45, 2.75) is 18.7 Å². The van der Waals surface area contributed by atoms with Crippen LogP contribution in [-0.2, 0) is 11.4 Å². The monoisotopic (exact) mass is 430 g/mol. The number of rotatable bonds is 8. The molecule has 7 heteroatoms. The predicted molar refractivity (Wildman–Crippen MR) is 125 cm³/mol. The number of nitrogens with one attached hydrogen (secondary N) is 2. The number of aromatic nitrogens is 2. The Balaban J connectivity index is 1.21.